The Labute approximate surface area is 110 Å². The smallest absolute Gasteiger partial charge is 0.122 e. The monoisotopic (exact) mass is 259 g/mol. The summed E-state index contributed by atoms with van der Waals surface area (Å²) in [6.07, 6.45) is 1.65. The molecule has 92 valence electrons. The number of hydrogen-bond donors (Lipinski definition) is 2. The molecule has 0 aliphatic heterocycles. The fraction of sp³-hybridized carbons (Fsp3) is 0.0769. The Morgan fingerprint density at radius 3 is 2.89 bits per heavy atom. The Kier molecular flexibility index (Phi) is 3.84. The molecule has 4 nitrogen and oxygen atoms in total. The molecular weight excluding hydrogens is 246 g/mol. The molecule has 0 radical (unpaired) electrons. The first-order valence-electron chi connectivity index (χ1n) is 5.31. The van der Waals surface area contributed by atoms with Crippen LogP contribution in [0.15, 0.2) is 52.5 Å². The maximum atomic E-state index is 7.40. The van der Waals surface area contributed by atoms with E-state index in [0.29, 0.717) is 5.56 Å². The van der Waals surface area contributed by atoms with Crippen LogP contribution in [0, 0.1) is 5.41 Å². The van der Waals surface area contributed by atoms with Crippen LogP contribution in [0.1, 0.15) is 5.56 Å². The van der Waals surface area contributed by atoms with Gasteiger partial charge in [-0.3, -0.25) is 5.41 Å². The summed E-state index contributed by atoms with van der Waals surface area (Å²) in [7, 11) is 1.64. The number of ether oxygens (including phenoxy) is 1. The molecule has 0 atom stereocenters. The maximum Gasteiger partial charge on any atom is 0.122 e. The van der Waals surface area contributed by atoms with E-state index < -0.39 is 0 Å². The molecule has 0 amide bonds. The molecule has 3 N–H and O–H groups in total. The van der Waals surface area contributed by atoms with Crippen molar-refractivity contribution in [1.82, 2.24) is 4.98 Å². The van der Waals surface area contributed by atoms with E-state index >= 15 is 0 Å². The molecule has 18 heavy (non-hydrogen) atoms. The summed E-state index contributed by atoms with van der Waals surface area (Å²) in [6.45, 7) is 0. The van der Waals surface area contributed by atoms with Crippen LogP contribution in [0.4, 0.5) is 0 Å². The van der Waals surface area contributed by atoms with Gasteiger partial charge in [0.05, 0.1) is 7.11 Å². The lowest BCUT2D eigenvalue weighted by atomic mass is 10.2. The summed E-state index contributed by atoms with van der Waals surface area (Å²) in [5.74, 6) is 0.854. The predicted octanol–water partition coefficient (Wildman–Crippen LogP) is 2.53. The summed E-state index contributed by atoms with van der Waals surface area (Å²) in [5, 5.41) is 8.20. The van der Waals surface area contributed by atoms with Crippen molar-refractivity contribution in [3.05, 3.63) is 48.2 Å². The number of amidine groups is 1. The molecule has 1 heterocycles. The first kappa shape index (κ1) is 12.4. The number of pyridine rings is 1. The molecule has 2 rings (SSSR count). The lowest BCUT2D eigenvalue weighted by molar-refractivity contribution is 0.413. The third-order valence-electron chi connectivity index (χ3n) is 2.31. The van der Waals surface area contributed by atoms with Gasteiger partial charge in [0.15, 0.2) is 0 Å². The highest BCUT2D eigenvalue weighted by atomic mass is 32.2. The molecule has 1 aromatic carbocycles. The van der Waals surface area contributed by atoms with Crippen molar-refractivity contribution >= 4 is 17.6 Å². The fourth-order valence-corrected chi connectivity index (χ4v) is 2.28. The van der Waals surface area contributed by atoms with Crippen LogP contribution in [-0.4, -0.2) is 17.9 Å². The molecular formula is C13H13N3OS. The lowest BCUT2D eigenvalue weighted by Gasteiger charge is -2.05. The number of benzene rings is 1. The van der Waals surface area contributed by atoms with E-state index in [0.717, 1.165) is 15.7 Å². The summed E-state index contributed by atoms with van der Waals surface area (Å²) < 4.78 is 5.17. The normalized spacial score (nSPS) is 10.1. The second-order valence-corrected chi connectivity index (χ2v) is 4.67. The van der Waals surface area contributed by atoms with Crippen LogP contribution < -0.4 is 10.5 Å². The van der Waals surface area contributed by atoms with E-state index in [-0.39, 0.29) is 5.84 Å². The fourth-order valence-electron chi connectivity index (χ4n) is 1.42. The number of hydrogen-bond acceptors (Lipinski definition) is 4. The first-order chi connectivity index (χ1) is 8.69. The van der Waals surface area contributed by atoms with Gasteiger partial charge in [-0.05, 0) is 30.3 Å². The van der Waals surface area contributed by atoms with Crippen LogP contribution in [0.2, 0.25) is 0 Å². The van der Waals surface area contributed by atoms with E-state index in [4.69, 9.17) is 15.9 Å². The van der Waals surface area contributed by atoms with Crippen molar-refractivity contribution in [2.24, 2.45) is 5.73 Å². The number of nitrogens with zero attached hydrogens (tertiary/aromatic N) is 1. The minimum absolute atomic E-state index is 0.0462. The Morgan fingerprint density at radius 1 is 1.33 bits per heavy atom. The molecule has 0 unspecified atom stereocenters. The number of nitrogens with two attached hydrogens (primary N) is 1. The van der Waals surface area contributed by atoms with Crippen LogP contribution in [0.3, 0.4) is 0 Å². The molecule has 0 saturated heterocycles. The van der Waals surface area contributed by atoms with Crippen molar-refractivity contribution in [2.75, 3.05) is 7.11 Å². The maximum absolute atomic E-state index is 7.40. The quantitative estimate of drug-likeness (QED) is 0.653. The highest BCUT2D eigenvalue weighted by Gasteiger charge is 2.03. The van der Waals surface area contributed by atoms with Crippen LogP contribution >= 0.6 is 11.8 Å². The van der Waals surface area contributed by atoms with Gasteiger partial charge in [0.2, 0.25) is 0 Å². The van der Waals surface area contributed by atoms with Crippen molar-refractivity contribution < 1.29 is 4.74 Å². The van der Waals surface area contributed by atoms with Gasteiger partial charge >= 0.3 is 0 Å². The average molecular weight is 259 g/mol. The van der Waals surface area contributed by atoms with Crippen molar-refractivity contribution in [1.29, 1.82) is 5.41 Å². The van der Waals surface area contributed by atoms with E-state index in [1.165, 1.54) is 11.8 Å². The van der Waals surface area contributed by atoms with E-state index in [1.807, 2.05) is 24.3 Å². The summed E-state index contributed by atoms with van der Waals surface area (Å²) in [6, 6.07) is 11.3. The Hall–Kier alpha value is -2.01. The molecule has 0 saturated carbocycles. The number of aromatic nitrogens is 1. The Balaban J connectivity index is 2.22. The number of nitrogen functional groups attached to an aromatic ring is 1. The van der Waals surface area contributed by atoms with Gasteiger partial charge in [0.1, 0.15) is 16.6 Å². The van der Waals surface area contributed by atoms with Crippen molar-refractivity contribution in [3.8, 4) is 5.75 Å². The van der Waals surface area contributed by atoms with Crippen LogP contribution in [0.25, 0.3) is 0 Å². The second kappa shape index (κ2) is 5.55. The van der Waals surface area contributed by atoms with Gasteiger partial charge in [0, 0.05) is 16.7 Å². The highest BCUT2D eigenvalue weighted by Crippen LogP contribution is 2.28. The van der Waals surface area contributed by atoms with Gasteiger partial charge in [-0.1, -0.05) is 17.8 Å². The van der Waals surface area contributed by atoms with Gasteiger partial charge in [-0.2, -0.15) is 0 Å². The molecule has 0 spiro atoms. The molecule has 0 aliphatic carbocycles. The predicted molar refractivity (Wildman–Crippen MR) is 72.4 cm³/mol. The third-order valence-corrected chi connectivity index (χ3v) is 3.23. The zero-order valence-electron chi connectivity index (χ0n) is 9.88. The minimum atomic E-state index is 0.0462. The zero-order valence-corrected chi connectivity index (χ0v) is 10.7. The Bertz CT molecular complexity index is 572. The molecule has 0 fully saturated rings. The van der Waals surface area contributed by atoms with Gasteiger partial charge in [-0.25, -0.2) is 4.98 Å². The largest absolute Gasteiger partial charge is 0.497 e. The second-order valence-electron chi connectivity index (χ2n) is 3.58. The molecule has 5 heteroatoms. The number of methoxy groups -OCH3 is 1. The van der Waals surface area contributed by atoms with Crippen molar-refractivity contribution in [2.45, 2.75) is 9.92 Å². The molecule has 0 bridgehead atoms. The summed E-state index contributed by atoms with van der Waals surface area (Å²) in [4.78, 5) is 5.27. The van der Waals surface area contributed by atoms with Crippen LogP contribution in [0.5, 0.6) is 5.75 Å². The zero-order chi connectivity index (χ0) is 13.0. The topological polar surface area (TPSA) is 72.0 Å². The van der Waals surface area contributed by atoms with E-state index in [1.54, 1.807) is 25.4 Å². The first-order valence-corrected chi connectivity index (χ1v) is 6.13. The van der Waals surface area contributed by atoms with Gasteiger partial charge < -0.3 is 10.5 Å². The van der Waals surface area contributed by atoms with Gasteiger partial charge in [-0.15, -0.1) is 0 Å². The molecule has 1 aromatic heterocycles. The minimum Gasteiger partial charge on any atom is -0.497 e. The molecule has 0 aliphatic rings. The summed E-state index contributed by atoms with van der Waals surface area (Å²) >= 11 is 1.51. The molecule has 2 aromatic rings. The summed E-state index contributed by atoms with van der Waals surface area (Å²) in [5.41, 5.74) is 6.12. The third kappa shape index (κ3) is 3.01. The van der Waals surface area contributed by atoms with E-state index in [2.05, 4.69) is 4.98 Å². The van der Waals surface area contributed by atoms with E-state index in [9.17, 15) is 0 Å². The highest BCUT2D eigenvalue weighted by molar-refractivity contribution is 7.99. The lowest BCUT2D eigenvalue weighted by Crippen LogP contribution is -2.10. The average Bonchev–Trinajstić information content (AvgIpc) is 2.39. The number of nitrogens with one attached hydrogen (secondary N) is 1. The van der Waals surface area contributed by atoms with Crippen LogP contribution in [-0.2, 0) is 0 Å². The standard InChI is InChI=1S/C13H13N3OS/c1-17-10-3-2-4-11(8-10)18-12-7-9(13(14)15)5-6-16-12/h2-8H,1H3,(H3,14,15). The number of rotatable bonds is 4. The SMILES string of the molecule is COc1cccc(Sc2cc(C(=N)N)ccn2)c1. The van der Waals surface area contributed by atoms with Gasteiger partial charge in [0.25, 0.3) is 0 Å². The Morgan fingerprint density at radius 2 is 2.17 bits per heavy atom. The van der Waals surface area contributed by atoms with Crippen molar-refractivity contribution in [3.63, 3.8) is 0 Å².